The van der Waals surface area contributed by atoms with Crippen molar-refractivity contribution in [3.05, 3.63) is 108 Å². The molecule has 0 saturated carbocycles. The van der Waals surface area contributed by atoms with Crippen LogP contribution in [0.2, 0.25) is 0 Å². The van der Waals surface area contributed by atoms with Gasteiger partial charge in [0.25, 0.3) is 0 Å². The van der Waals surface area contributed by atoms with Gasteiger partial charge in [-0.15, -0.1) is 0 Å². The standard InChI is InChI=1S/C21H27NO.C14H21NO/c1-3-9-19(10-4-1)15-22-14-8-7-13-21(16-22)18-23-17-20-11-5-2-6-12-20;16-12-14-8-4-5-9-15(11-14)10-13-6-2-1-3-7-13/h1-6,9-12,21H,7-8,13-18H2;1-3,6-7,14,16H,4-5,8-12H2. The van der Waals surface area contributed by atoms with E-state index in [1.165, 1.54) is 68.3 Å². The van der Waals surface area contributed by atoms with Gasteiger partial charge in [-0.05, 0) is 67.3 Å². The van der Waals surface area contributed by atoms with Gasteiger partial charge < -0.3 is 9.84 Å². The van der Waals surface area contributed by atoms with Crippen LogP contribution in [-0.2, 0) is 24.4 Å². The first-order valence-electron chi connectivity index (χ1n) is 15.0. The average Bonchev–Trinajstić information content (AvgIpc) is 3.35. The Hall–Kier alpha value is -2.50. The molecule has 4 heteroatoms. The Kier molecular flexibility index (Phi) is 13.0. The number of aliphatic hydroxyl groups is 1. The van der Waals surface area contributed by atoms with Crippen LogP contribution in [0.25, 0.3) is 0 Å². The summed E-state index contributed by atoms with van der Waals surface area (Å²) in [5.41, 5.74) is 4.06. The number of ether oxygens (including phenoxy) is 1. The van der Waals surface area contributed by atoms with E-state index in [4.69, 9.17) is 4.74 Å². The Balaban J connectivity index is 0.000000193. The van der Waals surface area contributed by atoms with Crippen molar-refractivity contribution in [2.45, 2.75) is 58.2 Å². The van der Waals surface area contributed by atoms with Crippen LogP contribution in [0.1, 0.15) is 55.2 Å². The van der Waals surface area contributed by atoms with Crippen molar-refractivity contribution >= 4 is 0 Å². The summed E-state index contributed by atoms with van der Waals surface area (Å²) in [4.78, 5) is 5.07. The zero-order chi connectivity index (χ0) is 27.0. The molecule has 3 aromatic rings. The molecule has 2 heterocycles. The maximum Gasteiger partial charge on any atom is 0.0717 e. The van der Waals surface area contributed by atoms with Gasteiger partial charge in [0, 0.05) is 32.8 Å². The molecule has 0 aliphatic carbocycles. The molecule has 2 aliphatic rings. The molecule has 5 rings (SSSR count). The van der Waals surface area contributed by atoms with Crippen molar-refractivity contribution < 1.29 is 9.84 Å². The van der Waals surface area contributed by atoms with E-state index in [0.29, 0.717) is 18.4 Å². The third kappa shape index (κ3) is 11.3. The second-order valence-electron chi connectivity index (χ2n) is 11.3. The fourth-order valence-electron chi connectivity index (χ4n) is 5.81. The highest BCUT2D eigenvalue weighted by Gasteiger charge is 2.19. The fourth-order valence-corrected chi connectivity index (χ4v) is 5.81. The molecule has 2 saturated heterocycles. The summed E-state index contributed by atoms with van der Waals surface area (Å²) < 4.78 is 5.99. The number of nitrogens with zero attached hydrogens (tertiary/aromatic N) is 2. The molecule has 0 amide bonds. The van der Waals surface area contributed by atoms with Crippen LogP contribution in [0, 0.1) is 11.8 Å². The predicted molar refractivity (Wildman–Crippen MR) is 161 cm³/mol. The molecule has 1 N–H and O–H groups in total. The number of hydrogen-bond donors (Lipinski definition) is 1. The number of hydrogen-bond acceptors (Lipinski definition) is 4. The van der Waals surface area contributed by atoms with Gasteiger partial charge in [0.05, 0.1) is 13.2 Å². The second-order valence-corrected chi connectivity index (χ2v) is 11.3. The number of rotatable bonds is 9. The number of aliphatic hydroxyl groups excluding tert-OH is 1. The second kappa shape index (κ2) is 17.2. The smallest absolute Gasteiger partial charge is 0.0717 e. The van der Waals surface area contributed by atoms with Gasteiger partial charge in [-0.1, -0.05) is 104 Å². The van der Waals surface area contributed by atoms with Crippen LogP contribution in [0.5, 0.6) is 0 Å². The summed E-state index contributed by atoms with van der Waals surface area (Å²) in [6.07, 6.45) is 7.63. The highest BCUT2D eigenvalue weighted by Crippen LogP contribution is 2.20. The summed E-state index contributed by atoms with van der Waals surface area (Å²) in [5.74, 6) is 1.14. The molecule has 39 heavy (non-hydrogen) atoms. The lowest BCUT2D eigenvalue weighted by atomic mass is 10.0. The fraction of sp³-hybridized carbons (Fsp3) is 0.486. The number of benzene rings is 3. The van der Waals surface area contributed by atoms with Crippen LogP contribution in [0.4, 0.5) is 0 Å². The van der Waals surface area contributed by atoms with E-state index in [-0.39, 0.29) is 0 Å². The summed E-state index contributed by atoms with van der Waals surface area (Å²) in [7, 11) is 0. The predicted octanol–water partition coefficient (Wildman–Crippen LogP) is 6.79. The third-order valence-electron chi connectivity index (χ3n) is 7.93. The first-order valence-corrected chi connectivity index (χ1v) is 15.0. The Morgan fingerprint density at radius 1 is 0.590 bits per heavy atom. The van der Waals surface area contributed by atoms with E-state index >= 15 is 0 Å². The molecular formula is C35H48N2O2. The van der Waals surface area contributed by atoms with Gasteiger partial charge >= 0.3 is 0 Å². The van der Waals surface area contributed by atoms with Crippen LogP contribution in [-0.4, -0.2) is 54.3 Å². The Morgan fingerprint density at radius 3 is 1.56 bits per heavy atom. The Labute approximate surface area is 236 Å². The van der Waals surface area contributed by atoms with Gasteiger partial charge in [-0.25, -0.2) is 0 Å². The van der Waals surface area contributed by atoms with Gasteiger partial charge in [0.2, 0.25) is 0 Å². The molecule has 2 unspecified atom stereocenters. The Morgan fingerprint density at radius 2 is 1.05 bits per heavy atom. The first-order chi connectivity index (χ1) is 19.3. The van der Waals surface area contributed by atoms with Crippen LogP contribution in [0.15, 0.2) is 91.0 Å². The SMILES string of the molecule is OCC1CCCCN(Cc2ccccc2)C1.c1ccc(COCC2CCCCN(Cc3ccccc3)C2)cc1. The third-order valence-corrected chi connectivity index (χ3v) is 7.93. The van der Waals surface area contributed by atoms with Gasteiger partial charge in [0.15, 0.2) is 0 Å². The van der Waals surface area contributed by atoms with E-state index in [2.05, 4.69) is 101 Å². The monoisotopic (exact) mass is 528 g/mol. The molecule has 0 aromatic heterocycles. The molecule has 0 bridgehead atoms. The van der Waals surface area contributed by atoms with Crippen LogP contribution < -0.4 is 0 Å². The summed E-state index contributed by atoms with van der Waals surface area (Å²) >= 11 is 0. The van der Waals surface area contributed by atoms with Crippen molar-refractivity contribution in [3.63, 3.8) is 0 Å². The molecule has 4 nitrogen and oxygen atoms in total. The van der Waals surface area contributed by atoms with E-state index < -0.39 is 0 Å². The maximum atomic E-state index is 9.27. The van der Waals surface area contributed by atoms with Crippen molar-refractivity contribution in [2.75, 3.05) is 39.4 Å². The zero-order valence-corrected chi connectivity index (χ0v) is 23.7. The van der Waals surface area contributed by atoms with Gasteiger partial charge in [-0.3, -0.25) is 9.80 Å². The largest absolute Gasteiger partial charge is 0.396 e. The van der Waals surface area contributed by atoms with Gasteiger partial charge in [-0.2, -0.15) is 0 Å². The Bertz CT molecular complexity index is 1010. The van der Waals surface area contributed by atoms with Crippen molar-refractivity contribution in [1.82, 2.24) is 9.80 Å². The van der Waals surface area contributed by atoms with Crippen LogP contribution in [0.3, 0.4) is 0 Å². The van der Waals surface area contributed by atoms with E-state index in [9.17, 15) is 5.11 Å². The minimum absolute atomic E-state index is 0.339. The highest BCUT2D eigenvalue weighted by atomic mass is 16.5. The molecule has 2 atom stereocenters. The summed E-state index contributed by atoms with van der Waals surface area (Å²) in [6.45, 7) is 8.62. The average molecular weight is 529 g/mol. The maximum absolute atomic E-state index is 9.27. The van der Waals surface area contributed by atoms with Crippen molar-refractivity contribution in [3.8, 4) is 0 Å². The van der Waals surface area contributed by atoms with Gasteiger partial charge in [0.1, 0.15) is 0 Å². The number of likely N-dealkylation sites (tertiary alicyclic amines) is 2. The van der Waals surface area contributed by atoms with Crippen LogP contribution >= 0.6 is 0 Å². The molecule has 3 aromatic carbocycles. The molecule has 2 aliphatic heterocycles. The lowest BCUT2D eigenvalue weighted by Gasteiger charge is -2.24. The lowest BCUT2D eigenvalue weighted by molar-refractivity contribution is 0.0718. The molecule has 0 radical (unpaired) electrons. The molecule has 210 valence electrons. The minimum Gasteiger partial charge on any atom is -0.396 e. The molecular weight excluding hydrogens is 480 g/mol. The van der Waals surface area contributed by atoms with E-state index in [0.717, 1.165) is 39.4 Å². The summed E-state index contributed by atoms with van der Waals surface area (Å²) in [5, 5.41) is 9.27. The lowest BCUT2D eigenvalue weighted by Crippen LogP contribution is -2.29. The van der Waals surface area contributed by atoms with E-state index in [1.807, 2.05) is 0 Å². The quantitative estimate of drug-likeness (QED) is 0.332. The normalized spacial score (nSPS) is 20.8. The molecule has 0 spiro atoms. The molecule has 2 fully saturated rings. The van der Waals surface area contributed by atoms with Crippen molar-refractivity contribution in [2.24, 2.45) is 11.8 Å². The highest BCUT2D eigenvalue weighted by molar-refractivity contribution is 5.15. The zero-order valence-electron chi connectivity index (χ0n) is 23.7. The van der Waals surface area contributed by atoms with E-state index in [1.54, 1.807) is 0 Å². The topological polar surface area (TPSA) is 35.9 Å². The summed E-state index contributed by atoms with van der Waals surface area (Å²) in [6, 6.07) is 31.9. The minimum atomic E-state index is 0.339. The first kappa shape index (κ1) is 29.5. The van der Waals surface area contributed by atoms with Crippen molar-refractivity contribution in [1.29, 1.82) is 0 Å².